The summed E-state index contributed by atoms with van der Waals surface area (Å²) in [5, 5.41) is 10.5. The Morgan fingerprint density at radius 3 is 2.44 bits per heavy atom. The molecule has 1 amide bonds. The highest BCUT2D eigenvalue weighted by Crippen LogP contribution is 2.10. The molecule has 0 aliphatic carbocycles. The molecule has 0 aliphatic rings. The monoisotopic (exact) mass is 378 g/mol. The second-order valence-electron chi connectivity index (χ2n) is 4.76. The van der Waals surface area contributed by atoms with Crippen molar-refractivity contribution < 1.29 is 36.7 Å². The van der Waals surface area contributed by atoms with Gasteiger partial charge in [0, 0.05) is 6.54 Å². The first-order valence-electron chi connectivity index (χ1n) is 7.41. The first kappa shape index (κ1) is 21.1. The summed E-state index contributed by atoms with van der Waals surface area (Å²) in [7, 11) is -3.49. The number of aromatic nitrogens is 1. The minimum absolute atomic E-state index is 0.121. The van der Waals surface area contributed by atoms with Crippen LogP contribution in [0.4, 0.5) is 4.79 Å². The largest absolute Gasteiger partial charge is 0.490 e. The third-order valence-electron chi connectivity index (χ3n) is 2.61. The number of nitrogens with one attached hydrogen (secondary N) is 1. The molecule has 11 heteroatoms. The fourth-order valence-corrected chi connectivity index (χ4v) is 1.85. The van der Waals surface area contributed by atoms with Gasteiger partial charge in [0.1, 0.15) is 19.0 Å². The van der Waals surface area contributed by atoms with E-state index in [2.05, 4.69) is 14.5 Å². The Labute approximate surface area is 146 Å². The van der Waals surface area contributed by atoms with Crippen molar-refractivity contribution in [1.82, 2.24) is 10.3 Å². The van der Waals surface area contributed by atoms with Gasteiger partial charge in [-0.15, -0.1) is 0 Å². The van der Waals surface area contributed by atoms with Gasteiger partial charge in [-0.25, -0.2) is 4.79 Å². The van der Waals surface area contributed by atoms with Gasteiger partial charge >= 0.3 is 6.09 Å². The summed E-state index contributed by atoms with van der Waals surface area (Å²) >= 11 is 0. The van der Waals surface area contributed by atoms with Gasteiger partial charge in [-0.05, 0) is 12.1 Å². The van der Waals surface area contributed by atoms with Crippen LogP contribution in [0.5, 0.6) is 5.75 Å². The average Bonchev–Trinajstić information content (AvgIpc) is 2.55. The predicted molar refractivity (Wildman–Crippen MR) is 87.0 cm³/mol. The van der Waals surface area contributed by atoms with Crippen LogP contribution in [0, 0.1) is 0 Å². The molecule has 1 aromatic rings. The van der Waals surface area contributed by atoms with Crippen LogP contribution in [-0.2, 0) is 30.4 Å². The number of carboxylic acid groups (broad SMARTS) is 1. The van der Waals surface area contributed by atoms with Crippen LogP contribution >= 0.6 is 0 Å². The molecule has 0 saturated heterocycles. The lowest BCUT2D eigenvalue weighted by Gasteiger charge is -2.08. The highest BCUT2D eigenvalue weighted by atomic mass is 32.2. The minimum atomic E-state index is -3.49. The van der Waals surface area contributed by atoms with Gasteiger partial charge in [0.05, 0.1) is 44.6 Å². The van der Waals surface area contributed by atoms with Crippen molar-refractivity contribution in [3.8, 4) is 5.75 Å². The highest BCUT2D eigenvalue weighted by molar-refractivity contribution is 7.85. The predicted octanol–water partition coefficient (Wildman–Crippen LogP) is 0.237. The molecule has 1 heterocycles. The smallest absolute Gasteiger partial charge is 0.404 e. The lowest BCUT2D eigenvalue weighted by Crippen LogP contribution is -2.25. The van der Waals surface area contributed by atoms with Gasteiger partial charge in [0.25, 0.3) is 10.1 Å². The number of pyridine rings is 1. The zero-order valence-corrected chi connectivity index (χ0v) is 14.7. The molecule has 2 N–H and O–H groups in total. The standard InChI is InChI=1S/C14H22N2O8S/c1-25(19,20)24-11-12-2-3-13(10-16-12)23-9-8-22-7-6-21-5-4-15-14(17)18/h2-3,10,15H,4-9,11H2,1H3,(H,17,18). The van der Waals surface area contributed by atoms with Crippen molar-refractivity contribution in [3.63, 3.8) is 0 Å². The molecule has 0 bridgehead atoms. The Hall–Kier alpha value is -1.95. The Morgan fingerprint density at radius 1 is 1.16 bits per heavy atom. The van der Waals surface area contributed by atoms with E-state index in [1.54, 1.807) is 12.1 Å². The van der Waals surface area contributed by atoms with Crippen LogP contribution < -0.4 is 10.1 Å². The SMILES string of the molecule is CS(=O)(=O)OCc1ccc(OCCOCCOCCNC(=O)O)cn1. The number of amides is 1. The molecule has 1 rings (SSSR count). The molecular formula is C14H22N2O8S. The first-order chi connectivity index (χ1) is 11.9. The quantitative estimate of drug-likeness (QED) is 0.365. The van der Waals surface area contributed by atoms with Crippen molar-refractivity contribution in [2.45, 2.75) is 6.61 Å². The molecule has 0 spiro atoms. The molecule has 0 saturated carbocycles. The average molecular weight is 378 g/mol. The van der Waals surface area contributed by atoms with E-state index >= 15 is 0 Å². The van der Waals surface area contributed by atoms with Crippen LogP contribution in [0.2, 0.25) is 0 Å². The topological polar surface area (TPSA) is 133 Å². The van der Waals surface area contributed by atoms with Gasteiger partial charge in [-0.3, -0.25) is 9.17 Å². The fourth-order valence-electron chi connectivity index (χ4n) is 1.52. The molecule has 0 unspecified atom stereocenters. The Balaban J connectivity index is 2.04. The van der Waals surface area contributed by atoms with Gasteiger partial charge in [-0.2, -0.15) is 8.42 Å². The van der Waals surface area contributed by atoms with Crippen LogP contribution in [-0.4, -0.2) is 70.4 Å². The van der Waals surface area contributed by atoms with Gasteiger partial charge in [-0.1, -0.05) is 0 Å². The van der Waals surface area contributed by atoms with Crippen molar-refractivity contribution in [3.05, 3.63) is 24.0 Å². The van der Waals surface area contributed by atoms with Gasteiger partial charge < -0.3 is 24.6 Å². The lowest BCUT2D eigenvalue weighted by molar-refractivity contribution is 0.0373. The molecule has 0 atom stereocenters. The van der Waals surface area contributed by atoms with E-state index in [-0.39, 0.29) is 19.8 Å². The van der Waals surface area contributed by atoms with E-state index in [0.29, 0.717) is 37.9 Å². The summed E-state index contributed by atoms with van der Waals surface area (Å²) in [5.41, 5.74) is 0.476. The molecule has 10 nitrogen and oxygen atoms in total. The van der Waals surface area contributed by atoms with E-state index in [1.165, 1.54) is 6.20 Å². The molecule has 142 valence electrons. The molecule has 0 aliphatic heterocycles. The Kier molecular flexibility index (Phi) is 9.77. The number of hydrogen-bond donors (Lipinski definition) is 2. The summed E-state index contributed by atoms with van der Waals surface area (Å²) in [6.45, 7) is 1.81. The maximum absolute atomic E-state index is 10.9. The number of ether oxygens (including phenoxy) is 3. The van der Waals surface area contributed by atoms with Gasteiger partial charge in [0.2, 0.25) is 0 Å². The first-order valence-corrected chi connectivity index (χ1v) is 9.23. The van der Waals surface area contributed by atoms with Crippen molar-refractivity contribution in [2.75, 3.05) is 45.8 Å². The summed E-state index contributed by atoms with van der Waals surface area (Å²) in [6, 6.07) is 3.27. The summed E-state index contributed by atoms with van der Waals surface area (Å²) in [6.07, 6.45) is 1.37. The minimum Gasteiger partial charge on any atom is -0.490 e. The number of nitrogens with zero attached hydrogens (tertiary/aromatic N) is 1. The molecule has 1 aromatic heterocycles. The van der Waals surface area contributed by atoms with Crippen LogP contribution in [0.3, 0.4) is 0 Å². The maximum Gasteiger partial charge on any atom is 0.404 e. The summed E-state index contributed by atoms with van der Waals surface area (Å²) in [4.78, 5) is 14.2. The molecular weight excluding hydrogens is 356 g/mol. The normalized spacial score (nSPS) is 11.2. The third-order valence-corrected chi connectivity index (χ3v) is 3.16. The van der Waals surface area contributed by atoms with E-state index in [4.69, 9.17) is 19.3 Å². The van der Waals surface area contributed by atoms with Crippen molar-refractivity contribution >= 4 is 16.2 Å². The van der Waals surface area contributed by atoms with Crippen molar-refractivity contribution in [2.24, 2.45) is 0 Å². The Morgan fingerprint density at radius 2 is 1.84 bits per heavy atom. The summed E-state index contributed by atoms with van der Waals surface area (Å²) < 4.78 is 42.2. The second-order valence-corrected chi connectivity index (χ2v) is 6.40. The van der Waals surface area contributed by atoms with Gasteiger partial charge in [0.15, 0.2) is 0 Å². The molecule has 0 radical (unpaired) electrons. The molecule has 0 aromatic carbocycles. The van der Waals surface area contributed by atoms with Crippen LogP contribution in [0.15, 0.2) is 18.3 Å². The Bertz CT molecular complexity index is 606. The maximum atomic E-state index is 10.9. The number of rotatable bonds is 13. The van der Waals surface area contributed by atoms with Crippen LogP contribution in [0.25, 0.3) is 0 Å². The van der Waals surface area contributed by atoms with E-state index in [9.17, 15) is 13.2 Å². The highest BCUT2D eigenvalue weighted by Gasteiger charge is 2.04. The third kappa shape index (κ3) is 12.1. The molecule has 0 fully saturated rings. The summed E-state index contributed by atoms with van der Waals surface area (Å²) in [5.74, 6) is 0.530. The molecule has 25 heavy (non-hydrogen) atoms. The van der Waals surface area contributed by atoms with Crippen LogP contribution in [0.1, 0.15) is 5.69 Å². The number of carbonyl (C=O) groups is 1. The zero-order valence-electron chi connectivity index (χ0n) is 13.8. The lowest BCUT2D eigenvalue weighted by atomic mass is 10.3. The van der Waals surface area contributed by atoms with E-state index in [1.807, 2.05) is 0 Å². The number of hydrogen-bond acceptors (Lipinski definition) is 8. The zero-order chi connectivity index (χ0) is 18.5. The van der Waals surface area contributed by atoms with Crippen molar-refractivity contribution in [1.29, 1.82) is 0 Å². The fraction of sp³-hybridized carbons (Fsp3) is 0.571. The van der Waals surface area contributed by atoms with E-state index < -0.39 is 16.2 Å². The second kappa shape index (κ2) is 11.6. The van der Waals surface area contributed by atoms with E-state index in [0.717, 1.165) is 6.26 Å².